The van der Waals surface area contributed by atoms with Crippen LogP contribution < -0.4 is 5.32 Å². The van der Waals surface area contributed by atoms with Crippen molar-refractivity contribution in [3.8, 4) is 0 Å². The highest BCUT2D eigenvalue weighted by Crippen LogP contribution is 2.35. The number of rotatable bonds is 4. The number of nitrogens with zero attached hydrogens (tertiary/aromatic N) is 1. The Kier molecular flexibility index (Phi) is 5.19. The van der Waals surface area contributed by atoms with Crippen molar-refractivity contribution in [2.75, 3.05) is 37.7 Å². The number of nitrogens with one attached hydrogen (secondary N) is 1. The monoisotopic (exact) mass is 256 g/mol. The smallest absolute Gasteiger partial charge is 0.0119 e. The summed E-state index contributed by atoms with van der Waals surface area (Å²) in [5, 5.41) is 3.81. The SMILES string of the molecule is CC1(C)CCCCC1NCCN1CCSCC1. The zero-order valence-corrected chi connectivity index (χ0v) is 12.3. The molecule has 0 amide bonds. The average Bonchev–Trinajstić information content (AvgIpc) is 2.32. The summed E-state index contributed by atoms with van der Waals surface area (Å²) in [5.74, 6) is 2.66. The first-order valence-corrected chi connectivity index (χ1v) is 8.37. The van der Waals surface area contributed by atoms with Crippen molar-refractivity contribution < 1.29 is 0 Å². The molecule has 17 heavy (non-hydrogen) atoms. The molecule has 0 radical (unpaired) electrons. The highest BCUT2D eigenvalue weighted by atomic mass is 32.2. The Morgan fingerprint density at radius 1 is 1.24 bits per heavy atom. The van der Waals surface area contributed by atoms with Gasteiger partial charge in [-0.15, -0.1) is 0 Å². The lowest BCUT2D eigenvalue weighted by molar-refractivity contribution is 0.162. The van der Waals surface area contributed by atoms with E-state index in [0.29, 0.717) is 5.41 Å². The molecule has 0 aromatic carbocycles. The van der Waals surface area contributed by atoms with Gasteiger partial charge in [0.25, 0.3) is 0 Å². The third kappa shape index (κ3) is 4.15. The van der Waals surface area contributed by atoms with E-state index >= 15 is 0 Å². The van der Waals surface area contributed by atoms with Crippen LogP contribution in [0, 0.1) is 5.41 Å². The van der Waals surface area contributed by atoms with E-state index in [2.05, 4.69) is 35.8 Å². The second-order valence-corrected chi connectivity index (χ2v) is 7.42. The van der Waals surface area contributed by atoms with Gasteiger partial charge in [-0.2, -0.15) is 11.8 Å². The van der Waals surface area contributed by atoms with E-state index < -0.39 is 0 Å². The second-order valence-electron chi connectivity index (χ2n) is 6.20. The molecule has 1 unspecified atom stereocenters. The number of thioether (sulfide) groups is 1. The highest BCUT2D eigenvalue weighted by Gasteiger charge is 2.31. The third-order valence-electron chi connectivity index (χ3n) is 4.43. The first-order valence-electron chi connectivity index (χ1n) is 7.22. The molecule has 2 fully saturated rings. The molecule has 2 aliphatic rings. The molecular formula is C14H28N2S. The fourth-order valence-corrected chi connectivity index (χ4v) is 4.07. The molecule has 2 nitrogen and oxygen atoms in total. The van der Waals surface area contributed by atoms with Gasteiger partial charge in [-0.3, -0.25) is 0 Å². The van der Waals surface area contributed by atoms with Crippen molar-refractivity contribution in [3.05, 3.63) is 0 Å². The van der Waals surface area contributed by atoms with Crippen LogP contribution in [0.3, 0.4) is 0 Å². The minimum atomic E-state index is 0.510. The maximum absolute atomic E-state index is 3.81. The Labute approximate surface area is 111 Å². The Morgan fingerprint density at radius 3 is 2.71 bits per heavy atom. The van der Waals surface area contributed by atoms with E-state index in [1.165, 1.54) is 63.4 Å². The summed E-state index contributed by atoms with van der Waals surface area (Å²) in [6.07, 6.45) is 5.61. The molecule has 0 bridgehead atoms. The lowest BCUT2D eigenvalue weighted by Crippen LogP contribution is -2.47. The summed E-state index contributed by atoms with van der Waals surface area (Å²) in [7, 11) is 0. The molecule has 1 saturated carbocycles. The van der Waals surface area contributed by atoms with Gasteiger partial charge in [-0.25, -0.2) is 0 Å². The van der Waals surface area contributed by atoms with Crippen LogP contribution in [0.1, 0.15) is 39.5 Å². The van der Waals surface area contributed by atoms with Gasteiger partial charge >= 0.3 is 0 Å². The second kappa shape index (κ2) is 6.44. The standard InChI is InChI=1S/C14H28N2S/c1-14(2)6-4-3-5-13(14)15-7-8-16-9-11-17-12-10-16/h13,15H,3-12H2,1-2H3. The fraction of sp³-hybridized carbons (Fsp3) is 1.00. The molecule has 1 saturated heterocycles. The normalized spacial score (nSPS) is 30.4. The molecular weight excluding hydrogens is 228 g/mol. The van der Waals surface area contributed by atoms with E-state index in [1.54, 1.807) is 0 Å². The molecule has 2 rings (SSSR count). The topological polar surface area (TPSA) is 15.3 Å². The lowest BCUT2D eigenvalue weighted by atomic mass is 9.73. The van der Waals surface area contributed by atoms with Crippen LogP contribution in [0.15, 0.2) is 0 Å². The van der Waals surface area contributed by atoms with Gasteiger partial charge in [-0.05, 0) is 18.3 Å². The quantitative estimate of drug-likeness (QED) is 0.832. The first kappa shape index (κ1) is 13.7. The summed E-state index contributed by atoms with van der Waals surface area (Å²) in [5.41, 5.74) is 0.510. The zero-order valence-electron chi connectivity index (χ0n) is 11.5. The molecule has 1 heterocycles. The van der Waals surface area contributed by atoms with Gasteiger partial charge in [0.15, 0.2) is 0 Å². The van der Waals surface area contributed by atoms with E-state index in [1.807, 2.05) is 0 Å². The summed E-state index contributed by atoms with van der Waals surface area (Å²) in [4.78, 5) is 2.61. The van der Waals surface area contributed by atoms with Crippen LogP contribution >= 0.6 is 11.8 Å². The van der Waals surface area contributed by atoms with Crippen LogP contribution in [0.4, 0.5) is 0 Å². The van der Waals surface area contributed by atoms with E-state index in [0.717, 1.165) is 6.04 Å². The van der Waals surface area contributed by atoms with Crippen LogP contribution in [0.25, 0.3) is 0 Å². The zero-order chi connectivity index (χ0) is 12.1. The molecule has 1 N–H and O–H groups in total. The van der Waals surface area contributed by atoms with Crippen LogP contribution in [-0.4, -0.2) is 48.6 Å². The minimum Gasteiger partial charge on any atom is -0.312 e. The lowest BCUT2D eigenvalue weighted by Gasteiger charge is -2.39. The van der Waals surface area contributed by atoms with E-state index in [-0.39, 0.29) is 0 Å². The van der Waals surface area contributed by atoms with Gasteiger partial charge in [0, 0.05) is 43.7 Å². The van der Waals surface area contributed by atoms with Crippen molar-refractivity contribution >= 4 is 11.8 Å². The predicted octanol–water partition coefficient (Wildman–Crippen LogP) is 2.59. The van der Waals surface area contributed by atoms with Crippen molar-refractivity contribution in [1.29, 1.82) is 0 Å². The van der Waals surface area contributed by atoms with Crippen molar-refractivity contribution in [2.45, 2.75) is 45.6 Å². The molecule has 1 aliphatic heterocycles. The number of hydrogen-bond donors (Lipinski definition) is 1. The highest BCUT2D eigenvalue weighted by molar-refractivity contribution is 7.99. The summed E-state index contributed by atoms with van der Waals surface area (Å²) in [6, 6.07) is 0.746. The molecule has 0 aromatic rings. The van der Waals surface area contributed by atoms with Crippen molar-refractivity contribution in [2.24, 2.45) is 5.41 Å². The van der Waals surface area contributed by atoms with Gasteiger partial charge in [0.1, 0.15) is 0 Å². The predicted molar refractivity (Wildman–Crippen MR) is 77.8 cm³/mol. The van der Waals surface area contributed by atoms with Crippen molar-refractivity contribution in [3.63, 3.8) is 0 Å². The number of hydrogen-bond acceptors (Lipinski definition) is 3. The minimum absolute atomic E-state index is 0.510. The molecule has 100 valence electrons. The molecule has 3 heteroatoms. The molecule has 1 atom stereocenters. The Morgan fingerprint density at radius 2 is 2.00 bits per heavy atom. The van der Waals surface area contributed by atoms with Crippen molar-refractivity contribution in [1.82, 2.24) is 10.2 Å². The average molecular weight is 256 g/mol. The molecule has 1 aliphatic carbocycles. The largest absolute Gasteiger partial charge is 0.312 e. The molecule has 0 spiro atoms. The summed E-state index contributed by atoms with van der Waals surface area (Å²) < 4.78 is 0. The van der Waals surface area contributed by atoms with E-state index in [9.17, 15) is 0 Å². The Bertz CT molecular complexity index is 224. The van der Waals surface area contributed by atoms with Gasteiger partial charge in [0.2, 0.25) is 0 Å². The third-order valence-corrected chi connectivity index (χ3v) is 5.37. The maximum atomic E-state index is 3.81. The summed E-state index contributed by atoms with van der Waals surface area (Å²) in [6.45, 7) is 9.87. The first-order chi connectivity index (χ1) is 8.18. The fourth-order valence-electron chi connectivity index (χ4n) is 3.09. The Hall–Kier alpha value is 0.270. The summed E-state index contributed by atoms with van der Waals surface area (Å²) >= 11 is 2.10. The molecule has 0 aromatic heterocycles. The van der Waals surface area contributed by atoms with Crippen LogP contribution in [0.5, 0.6) is 0 Å². The van der Waals surface area contributed by atoms with Gasteiger partial charge < -0.3 is 10.2 Å². The van der Waals surface area contributed by atoms with E-state index in [4.69, 9.17) is 0 Å². The maximum Gasteiger partial charge on any atom is 0.0119 e. The van der Waals surface area contributed by atoms with Gasteiger partial charge in [-0.1, -0.05) is 26.7 Å². The Balaban J connectivity index is 1.66. The van der Waals surface area contributed by atoms with Crippen LogP contribution in [-0.2, 0) is 0 Å². The van der Waals surface area contributed by atoms with Crippen LogP contribution in [0.2, 0.25) is 0 Å². The van der Waals surface area contributed by atoms with Gasteiger partial charge in [0.05, 0.1) is 0 Å².